The van der Waals surface area contributed by atoms with E-state index in [4.69, 9.17) is 21.1 Å². The summed E-state index contributed by atoms with van der Waals surface area (Å²) in [7, 11) is 0. The summed E-state index contributed by atoms with van der Waals surface area (Å²) in [6, 6.07) is 5.42. The van der Waals surface area contributed by atoms with Gasteiger partial charge in [-0.2, -0.15) is 0 Å². The molecule has 0 radical (unpaired) electrons. The fourth-order valence-electron chi connectivity index (χ4n) is 1.89. The fraction of sp³-hybridized carbons (Fsp3) is 0.250. The third-order valence-corrected chi connectivity index (χ3v) is 3.02. The van der Waals surface area contributed by atoms with E-state index in [1.807, 2.05) is 6.07 Å². The van der Waals surface area contributed by atoms with Crippen LogP contribution in [0.2, 0.25) is 0 Å². The fourth-order valence-corrected chi connectivity index (χ4v) is 2.09. The van der Waals surface area contributed by atoms with Gasteiger partial charge in [-0.15, -0.1) is 11.6 Å². The molecule has 3 rings (SSSR count). The van der Waals surface area contributed by atoms with E-state index in [9.17, 15) is 4.79 Å². The summed E-state index contributed by atoms with van der Waals surface area (Å²) in [6.07, 6.45) is 0. The molecule has 4 nitrogen and oxygen atoms in total. The van der Waals surface area contributed by atoms with Gasteiger partial charge in [0, 0.05) is 17.0 Å². The second-order valence-corrected chi connectivity index (χ2v) is 4.11. The molecule has 0 unspecified atom stereocenters. The zero-order valence-corrected chi connectivity index (χ0v) is 9.71. The van der Waals surface area contributed by atoms with E-state index >= 15 is 0 Å². The summed E-state index contributed by atoms with van der Waals surface area (Å²) in [5, 5.41) is 0.893. The van der Waals surface area contributed by atoms with Gasteiger partial charge >= 0.3 is 0 Å². The van der Waals surface area contributed by atoms with Gasteiger partial charge in [-0.3, -0.25) is 4.79 Å². The van der Waals surface area contributed by atoms with Crippen molar-refractivity contribution in [2.75, 3.05) is 13.2 Å². The largest absolute Gasteiger partial charge is 0.486 e. The molecule has 1 aromatic heterocycles. The third-order valence-electron chi connectivity index (χ3n) is 2.73. The lowest BCUT2D eigenvalue weighted by molar-refractivity contribution is 0.172. The predicted molar refractivity (Wildman–Crippen MR) is 65.1 cm³/mol. The molecule has 0 amide bonds. The average Bonchev–Trinajstić information content (AvgIpc) is 2.35. The number of nitrogens with one attached hydrogen (secondary N) is 1. The molecule has 0 saturated carbocycles. The van der Waals surface area contributed by atoms with Crippen LogP contribution in [-0.4, -0.2) is 18.2 Å². The van der Waals surface area contributed by atoms with Gasteiger partial charge in [-0.1, -0.05) is 0 Å². The molecule has 0 atom stereocenters. The highest BCUT2D eigenvalue weighted by Crippen LogP contribution is 2.33. The van der Waals surface area contributed by atoms with E-state index in [2.05, 4.69) is 4.98 Å². The highest BCUT2D eigenvalue weighted by molar-refractivity contribution is 6.17. The van der Waals surface area contributed by atoms with Crippen molar-refractivity contribution in [2.24, 2.45) is 0 Å². The molecule has 17 heavy (non-hydrogen) atoms. The van der Waals surface area contributed by atoms with Gasteiger partial charge in [0.05, 0.1) is 11.4 Å². The molecule has 1 N–H and O–H groups in total. The second-order valence-electron chi connectivity index (χ2n) is 3.84. The van der Waals surface area contributed by atoms with Crippen molar-refractivity contribution in [1.29, 1.82) is 0 Å². The van der Waals surface area contributed by atoms with Crippen LogP contribution < -0.4 is 15.0 Å². The maximum Gasteiger partial charge on any atom is 0.252 e. The summed E-state index contributed by atoms with van der Waals surface area (Å²) >= 11 is 5.70. The highest BCUT2D eigenvalue weighted by atomic mass is 35.5. The van der Waals surface area contributed by atoms with Crippen LogP contribution in [-0.2, 0) is 5.88 Å². The molecule has 0 bridgehead atoms. The van der Waals surface area contributed by atoms with Gasteiger partial charge in [0.15, 0.2) is 11.5 Å². The number of H-pyrrole nitrogens is 1. The SMILES string of the molecule is O=c1[nH]c2cc3c(cc2cc1CCl)OCCO3. The van der Waals surface area contributed by atoms with Crippen molar-refractivity contribution < 1.29 is 9.47 Å². The first kappa shape index (κ1) is 10.5. The van der Waals surface area contributed by atoms with Crippen LogP contribution in [0.4, 0.5) is 0 Å². The lowest BCUT2D eigenvalue weighted by atomic mass is 10.1. The number of rotatable bonds is 1. The maximum atomic E-state index is 11.6. The molecule has 1 aromatic carbocycles. The van der Waals surface area contributed by atoms with Crippen LogP contribution >= 0.6 is 11.6 Å². The first-order chi connectivity index (χ1) is 8.28. The van der Waals surface area contributed by atoms with Crippen LogP contribution in [0.3, 0.4) is 0 Å². The number of aromatic nitrogens is 1. The van der Waals surface area contributed by atoms with Gasteiger partial charge in [0.25, 0.3) is 5.56 Å². The lowest BCUT2D eigenvalue weighted by Gasteiger charge is -2.18. The van der Waals surface area contributed by atoms with Crippen LogP contribution in [0, 0.1) is 0 Å². The third kappa shape index (κ3) is 1.74. The molecule has 0 aliphatic carbocycles. The topological polar surface area (TPSA) is 51.3 Å². The molecule has 0 spiro atoms. The van der Waals surface area contributed by atoms with Gasteiger partial charge in [0.2, 0.25) is 0 Å². The van der Waals surface area contributed by atoms with Crippen LogP contribution in [0.25, 0.3) is 10.9 Å². The second kappa shape index (κ2) is 3.96. The summed E-state index contributed by atoms with van der Waals surface area (Å²) in [5.74, 6) is 1.56. The van der Waals surface area contributed by atoms with Gasteiger partial charge in [0.1, 0.15) is 13.2 Å². The average molecular weight is 252 g/mol. The van der Waals surface area contributed by atoms with Crippen molar-refractivity contribution in [3.8, 4) is 11.5 Å². The molecule has 5 heteroatoms. The molecule has 0 saturated heterocycles. The minimum absolute atomic E-state index is 0.163. The summed E-state index contributed by atoms with van der Waals surface area (Å²) in [6.45, 7) is 1.08. The molecule has 2 aromatic rings. The number of fused-ring (bicyclic) bond motifs is 2. The first-order valence-corrected chi connectivity index (χ1v) is 5.83. The Hall–Kier alpha value is -1.68. The van der Waals surface area contributed by atoms with Crippen LogP contribution in [0.1, 0.15) is 5.56 Å². The molecule has 0 fully saturated rings. The standard InChI is InChI=1S/C12H10ClNO3/c13-6-8-3-7-4-10-11(17-2-1-16-10)5-9(7)14-12(8)15/h3-5H,1-2,6H2,(H,14,15). The lowest BCUT2D eigenvalue weighted by Crippen LogP contribution is -2.16. The predicted octanol–water partition coefficient (Wildman–Crippen LogP) is 2.04. The highest BCUT2D eigenvalue weighted by Gasteiger charge is 2.13. The summed E-state index contributed by atoms with van der Waals surface area (Å²) < 4.78 is 10.9. The molecule has 2 heterocycles. The molecular weight excluding hydrogens is 242 g/mol. The van der Waals surface area contributed by atoms with Crippen molar-refractivity contribution in [2.45, 2.75) is 5.88 Å². The number of aromatic amines is 1. The number of halogens is 1. The summed E-state index contributed by atoms with van der Waals surface area (Å²) in [5.41, 5.74) is 1.12. The van der Waals surface area contributed by atoms with E-state index in [0.29, 0.717) is 30.3 Å². The summed E-state index contributed by atoms with van der Waals surface area (Å²) in [4.78, 5) is 14.4. The Morgan fingerprint density at radius 3 is 2.59 bits per heavy atom. The zero-order valence-electron chi connectivity index (χ0n) is 8.96. The number of alkyl halides is 1. The number of benzene rings is 1. The van der Waals surface area contributed by atoms with Crippen LogP contribution in [0.15, 0.2) is 23.0 Å². The van der Waals surface area contributed by atoms with Crippen LogP contribution in [0.5, 0.6) is 11.5 Å². The number of ether oxygens (including phenoxy) is 2. The van der Waals surface area contributed by atoms with E-state index in [1.165, 1.54) is 0 Å². The smallest absolute Gasteiger partial charge is 0.252 e. The van der Waals surface area contributed by atoms with Crippen molar-refractivity contribution in [3.05, 3.63) is 34.1 Å². The Bertz CT molecular complexity index is 635. The van der Waals surface area contributed by atoms with E-state index in [1.54, 1.807) is 12.1 Å². The monoisotopic (exact) mass is 251 g/mol. The number of pyridine rings is 1. The zero-order chi connectivity index (χ0) is 11.8. The van der Waals surface area contributed by atoms with E-state index < -0.39 is 0 Å². The Morgan fingerprint density at radius 1 is 1.18 bits per heavy atom. The minimum atomic E-state index is -0.163. The molecule has 1 aliphatic rings. The van der Waals surface area contributed by atoms with Gasteiger partial charge in [-0.05, 0) is 12.1 Å². The quantitative estimate of drug-likeness (QED) is 0.789. The van der Waals surface area contributed by atoms with E-state index in [0.717, 1.165) is 10.9 Å². The minimum Gasteiger partial charge on any atom is -0.486 e. The van der Waals surface area contributed by atoms with Crippen molar-refractivity contribution in [1.82, 2.24) is 4.98 Å². The maximum absolute atomic E-state index is 11.6. The Balaban J connectivity index is 2.26. The Morgan fingerprint density at radius 2 is 1.88 bits per heavy atom. The first-order valence-electron chi connectivity index (χ1n) is 5.29. The van der Waals surface area contributed by atoms with Crippen molar-refractivity contribution >= 4 is 22.5 Å². The molecule has 1 aliphatic heterocycles. The molecule has 88 valence electrons. The van der Waals surface area contributed by atoms with Crippen molar-refractivity contribution in [3.63, 3.8) is 0 Å². The molecular formula is C12H10ClNO3. The Kier molecular flexibility index (Phi) is 2.44. The van der Waals surface area contributed by atoms with Gasteiger partial charge < -0.3 is 14.5 Å². The number of hydrogen-bond donors (Lipinski definition) is 1. The Labute approximate surface area is 102 Å². The van der Waals surface area contributed by atoms with E-state index in [-0.39, 0.29) is 11.4 Å². The van der Waals surface area contributed by atoms with Gasteiger partial charge in [-0.25, -0.2) is 0 Å². The number of hydrogen-bond acceptors (Lipinski definition) is 3. The normalized spacial score (nSPS) is 13.9.